The van der Waals surface area contributed by atoms with Gasteiger partial charge >= 0.3 is 0 Å². The predicted molar refractivity (Wildman–Crippen MR) is 124 cm³/mol. The van der Waals surface area contributed by atoms with Crippen LogP contribution in [0.4, 0.5) is 0 Å². The third-order valence-electron chi connectivity index (χ3n) is 4.65. The summed E-state index contributed by atoms with van der Waals surface area (Å²) < 4.78 is 0. The normalized spacial score (nSPS) is 13.5. The molecule has 2 heterocycles. The topological polar surface area (TPSA) is 61.7 Å². The van der Waals surface area contributed by atoms with E-state index in [2.05, 4.69) is 63.9 Å². The highest BCUT2D eigenvalue weighted by molar-refractivity contribution is 7.17. The zero-order valence-corrected chi connectivity index (χ0v) is 18.3. The van der Waals surface area contributed by atoms with E-state index in [9.17, 15) is 0 Å². The molecule has 1 aliphatic rings. The van der Waals surface area contributed by atoms with Crippen LogP contribution in [-0.4, -0.2) is 29.7 Å². The number of guanidine groups is 1. The predicted octanol–water partition coefficient (Wildman–Crippen LogP) is 4.71. The van der Waals surface area contributed by atoms with E-state index in [1.54, 1.807) is 11.3 Å². The smallest absolute Gasteiger partial charge is 0.212 e. The van der Waals surface area contributed by atoms with Gasteiger partial charge in [0.15, 0.2) is 0 Å². The van der Waals surface area contributed by atoms with Gasteiger partial charge in [0, 0.05) is 24.1 Å². The minimum atomic E-state index is 0.730. The molecule has 0 saturated heterocycles. The number of aryl methyl sites for hydroxylation is 1. The Kier molecular flexibility index (Phi) is 7.83. The average Bonchev–Trinajstić information content (AvgIpc) is 3.39. The van der Waals surface area contributed by atoms with Crippen molar-refractivity contribution in [2.24, 2.45) is 10.1 Å². The second-order valence-electron chi connectivity index (χ2n) is 7.09. The van der Waals surface area contributed by atoms with Gasteiger partial charge in [0.25, 0.3) is 0 Å². The van der Waals surface area contributed by atoms with Crippen molar-refractivity contribution in [2.45, 2.75) is 52.9 Å². The molecule has 0 amide bonds. The van der Waals surface area contributed by atoms with Crippen molar-refractivity contribution in [1.29, 1.82) is 0 Å². The van der Waals surface area contributed by atoms with Crippen LogP contribution in [0.2, 0.25) is 0 Å². The molecule has 1 aliphatic heterocycles. The molecule has 0 unspecified atom stereocenters. The number of unbranched alkanes of at least 4 members (excludes halogenated alkanes) is 4. The average molecular weight is 408 g/mol. The van der Waals surface area contributed by atoms with Crippen LogP contribution in [0.25, 0.3) is 10.6 Å². The molecule has 0 atom stereocenters. The third-order valence-corrected chi connectivity index (χ3v) is 5.96. The van der Waals surface area contributed by atoms with Crippen LogP contribution in [0.5, 0.6) is 0 Å². The first-order valence-electron chi connectivity index (χ1n) is 10.3. The van der Waals surface area contributed by atoms with Gasteiger partial charge in [-0.3, -0.25) is 0 Å². The first-order valence-corrected chi connectivity index (χ1v) is 11.1. The molecule has 3 rings (SSSR count). The molecule has 2 aromatic rings. The lowest BCUT2D eigenvalue weighted by Crippen LogP contribution is -2.30. The number of hydrogen-bond acceptors (Lipinski definition) is 6. The summed E-state index contributed by atoms with van der Waals surface area (Å²) in [4.78, 5) is 10.1. The van der Waals surface area contributed by atoms with Crippen LogP contribution in [0.1, 0.15) is 62.1 Å². The van der Waals surface area contributed by atoms with E-state index in [1.165, 1.54) is 25.7 Å². The van der Waals surface area contributed by atoms with Gasteiger partial charge in [-0.2, -0.15) is 5.10 Å². The molecule has 6 heteroatoms. The van der Waals surface area contributed by atoms with Crippen LogP contribution in [0.15, 0.2) is 34.4 Å². The van der Waals surface area contributed by atoms with Crippen molar-refractivity contribution in [1.82, 2.24) is 15.7 Å². The Balaban J connectivity index is 1.63. The maximum absolute atomic E-state index is 4.74. The summed E-state index contributed by atoms with van der Waals surface area (Å²) in [5.74, 6) is 7.28. The fraction of sp³-hybridized carbons (Fsp3) is 0.435. The van der Waals surface area contributed by atoms with Gasteiger partial charge in [-0.05, 0) is 32.4 Å². The first kappa shape index (κ1) is 21.1. The lowest BCUT2D eigenvalue weighted by Gasteiger charge is -2.02. The van der Waals surface area contributed by atoms with Crippen LogP contribution in [0, 0.1) is 18.8 Å². The lowest BCUT2D eigenvalue weighted by atomic mass is 10.1. The Hall–Kier alpha value is -2.65. The molecule has 0 bridgehead atoms. The molecule has 152 valence electrons. The summed E-state index contributed by atoms with van der Waals surface area (Å²) in [6.45, 7) is 7.90. The SMILES string of the molecule is CCCCCCC#Cc1ccc(-c2nc(C)c(/C(C)=N/NC3=NCCN3)s2)cc1. The van der Waals surface area contributed by atoms with Gasteiger partial charge in [0.05, 0.1) is 22.8 Å². The molecule has 5 nitrogen and oxygen atoms in total. The Labute approximate surface area is 177 Å². The molecule has 0 radical (unpaired) electrons. The molecule has 1 aromatic carbocycles. The summed E-state index contributed by atoms with van der Waals surface area (Å²) in [5.41, 5.74) is 7.06. The van der Waals surface area contributed by atoms with E-state index < -0.39 is 0 Å². The van der Waals surface area contributed by atoms with Gasteiger partial charge < -0.3 is 5.32 Å². The van der Waals surface area contributed by atoms with Crippen LogP contribution < -0.4 is 10.7 Å². The maximum atomic E-state index is 4.74. The van der Waals surface area contributed by atoms with Crippen molar-refractivity contribution in [3.63, 3.8) is 0 Å². The molecule has 0 fully saturated rings. The number of thiazole rings is 1. The van der Waals surface area contributed by atoms with Crippen LogP contribution in [-0.2, 0) is 0 Å². The third kappa shape index (κ3) is 6.16. The molecule has 29 heavy (non-hydrogen) atoms. The first-order chi connectivity index (χ1) is 14.2. The number of nitrogens with zero attached hydrogens (tertiary/aromatic N) is 3. The van der Waals surface area contributed by atoms with Gasteiger partial charge in [0.1, 0.15) is 5.01 Å². The quantitative estimate of drug-likeness (QED) is 0.302. The number of aliphatic imine (C=N–C) groups is 1. The highest BCUT2D eigenvalue weighted by Crippen LogP contribution is 2.28. The van der Waals surface area contributed by atoms with E-state index in [1.807, 2.05) is 13.8 Å². The molecular weight excluding hydrogens is 378 g/mol. The number of hydrazone groups is 1. The zero-order valence-electron chi connectivity index (χ0n) is 17.5. The van der Waals surface area contributed by atoms with Gasteiger partial charge in [-0.1, -0.05) is 50.2 Å². The Morgan fingerprint density at radius 1 is 1.24 bits per heavy atom. The highest BCUT2D eigenvalue weighted by atomic mass is 32.1. The Morgan fingerprint density at radius 3 is 2.79 bits per heavy atom. The molecule has 0 aliphatic carbocycles. The summed E-state index contributed by atoms with van der Waals surface area (Å²) in [6, 6.07) is 8.37. The Morgan fingerprint density at radius 2 is 2.07 bits per heavy atom. The molecule has 0 saturated carbocycles. The molecular formula is C23H29N5S. The summed E-state index contributed by atoms with van der Waals surface area (Å²) in [5, 5.41) is 8.60. The Bertz CT molecular complexity index is 928. The fourth-order valence-electron chi connectivity index (χ4n) is 3.02. The minimum absolute atomic E-state index is 0.730. The van der Waals surface area contributed by atoms with Crippen molar-refractivity contribution < 1.29 is 0 Å². The summed E-state index contributed by atoms with van der Waals surface area (Å²) in [7, 11) is 0. The van der Waals surface area contributed by atoms with Gasteiger partial charge in [-0.15, -0.1) is 11.3 Å². The second-order valence-corrected chi connectivity index (χ2v) is 8.09. The van der Waals surface area contributed by atoms with Gasteiger partial charge in [0.2, 0.25) is 5.96 Å². The van der Waals surface area contributed by atoms with Crippen molar-refractivity contribution >= 4 is 23.0 Å². The largest absolute Gasteiger partial charge is 0.353 e. The van der Waals surface area contributed by atoms with E-state index in [4.69, 9.17) is 4.98 Å². The number of rotatable bonds is 7. The van der Waals surface area contributed by atoms with Crippen molar-refractivity contribution in [3.05, 3.63) is 40.4 Å². The van der Waals surface area contributed by atoms with Gasteiger partial charge in [-0.25, -0.2) is 15.4 Å². The lowest BCUT2D eigenvalue weighted by molar-refractivity contribution is 0.679. The van der Waals surface area contributed by atoms with Crippen molar-refractivity contribution in [3.8, 4) is 22.4 Å². The molecule has 2 N–H and O–H groups in total. The van der Waals surface area contributed by atoms with E-state index in [0.717, 1.165) is 57.9 Å². The van der Waals surface area contributed by atoms with Crippen LogP contribution in [0.3, 0.4) is 0 Å². The maximum Gasteiger partial charge on any atom is 0.212 e. The zero-order chi connectivity index (χ0) is 20.5. The fourth-order valence-corrected chi connectivity index (χ4v) is 4.03. The number of benzene rings is 1. The van der Waals surface area contributed by atoms with Crippen LogP contribution >= 0.6 is 11.3 Å². The standard InChI is InChI=1S/C23H29N5S/c1-4-5-6-7-8-9-10-19-11-13-20(14-12-19)22-26-17(2)21(29-22)18(3)27-28-23-24-15-16-25-23/h11-14H,4-8,15-16H2,1-3H3,(H2,24,25,28)/b27-18+. The monoisotopic (exact) mass is 407 g/mol. The van der Waals surface area contributed by atoms with E-state index in [0.29, 0.717) is 0 Å². The minimum Gasteiger partial charge on any atom is -0.353 e. The second kappa shape index (κ2) is 10.8. The summed E-state index contributed by atoms with van der Waals surface area (Å²) in [6.07, 6.45) is 6.02. The molecule has 1 aromatic heterocycles. The number of nitrogens with one attached hydrogen (secondary N) is 2. The van der Waals surface area contributed by atoms with Crippen molar-refractivity contribution in [2.75, 3.05) is 13.1 Å². The number of aromatic nitrogens is 1. The summed E-state index contributed by atoms with van der Waals surface area (Å²) >= 11 is 1.66. The molecule has 0 spiro atoms. The van der Waals surface area contributed by atoms with E-state index in [-0.39, 0.29) is 0 Å². The van der Waals surface area contributed by atoms with E-state index >= 15 is 0 Å². The number of hydrogen-bond donors (Lipinski definition) is 2. The highest BCUT2D eigenvalue weighted by Gasteiger charge is 2.12.